The van der Waals surface area contributed by atoms with Crippen molar-refractivity contribution in [1.82, 2.24) is 4.98 Å². The van der Waals surface area contributed by atoms with Crippen molar-refractivity contribution in [3.05, 3.63) is 50.2 Å². The minimum atomic E-state index is -0.625. The lowest BCUT2D eigenvalue weighted by Gasteiger charge is -2.05. The molecule has 0 spiro atoms. The number of halogens is 1. The summed E-state index contributed by atoms with van der Waals surface area (Å²) in [7, 11) is 0. The topological polar surface area (TPSA) is 68.1 Å². The molecule has 1 aromatic carbocycles. The molecule has 0 aliphatic heterocycles. The van der Waals surface area contributed by atoms with E-state index in [0.717, 1.165) is 22.4 Å². The summed E-state index contributed by atoms with van der Waals surface area (Å²) >= 11 is 1.55. The second-order valence-corrected chi connectivity index (χ2v) is 5.05. The van der Waals surface area contributed by atoms with E-state index < -0.39 is 10.7 Å². The average molecular weight is 281 g/mol. The second kappa shape index (κ2) is 5.75. The fourth-order valence-electron chi connectivity index (χ4n) is 1.57. The van der Waals surface area contributed by atoms with Gasteiger partial charge in [0, 0.05) is 11.1 Å². The average Bonchev–Trinajstić information content (AvgIpc) is 2.85. The lowest BCUT2D eigenvalue weighted by Crippen LogP contribution is -2.02. The Bertz CT molecular complexity index is 600. The smallest absolute Gasteiger partial charge is 0.295 e. The summed E-state index contributed by atoms with van der Waals surface area (Å²) in [6, 6.07) is 3.46. The summed E-state index contributed by atoms with van der Waals surface area (Å²) in [5.41, 5.74) is 0.0203. The number of benzene rings is 1. The minimum Gasteiger partial charge on any atom is -0.373 e. The Morgan fingerprint density at radius 1 is 1.53 bits per heavy atom. The number of rotatable bonds is 5. The number of aryl methyl sites for hydroxylation is 1. The Morgan fingerprint density at radius 2 is 2.32 bits per heavy atom. The maximum atomic E-state index is 13.0. The van der Waals surface area contributed by atoms with Crippen molar-refractivity contribution >= 4 is 22.7 Å². The van der Waals surface area contributed by atoms with Crippen LogP contribution in [0.15, 0.2) is 24.4 Å². The van der Waals surface area contributed by atoms with Gasteiger partial charge >= 0.3 is 0 Å². The van der Waals surface area contributed by atoms with Gasteiger partial charge in [-0.05, 0) is 18.6 Å². The lowest BCUT2D eigenvalue weighted by atomic mass is 10.2. The van der Waals surface area contributed by atoms with E-state index in [1.807, 2.05) is 6.92 Å². The first-order chi connectivity index (χ1) is 9.10. The van der Waals surface area contributed by atoms with Crippen LogP contribution in [0, 0.1) is 15.9 Å². The van der Waals surface area contributed by atoms with Crippen LogP contribution in [0.3, 0.4) is 0 Å². The van der Waals surface area contributed by atoms with E-state index in [9.17, 15) is 14.5 Å². The van der Waals surface area contributed by atoms with Gasteiger partial charge in [-0.3, -0.25) is 10.1 Å². The molecule has 0 atom stereocenters. The van der Waals surface area contributed by atoms with Gasteiger partial charge in [0.05, 0.1) is 17.5 Å². The molecule has 0 saturated heterocycles. The van der Waals surface area contributed by atoms with E-state index in [2.05, 4.69) is 10.3 Å². The highest BCUT2D eigenvalue weighted by atomic mass is 32.1. The van der Waals surface area contributed by atoms with Crippen LogP contribution < -0.4 is 5.32 Å². The van der Waals surface area contributed by atoms with Crippen LogP contribution in [0.2, 0.25) is 0 Å². The number of nitrogens with one attached hydrogen (secondary N) is 1. The minimum absolute atomic E-state index is 0.271. The van der Waals surface area contributed by atoms with Crippen LogP contribution in [0.5, 0.6) is 0 Å². The number of hydrogen-bond donors (Lipinski definition) is 1. The number of thiazole rings is 1. The first-order valence-corrected chi connectivity index (χ1v) is 6.53. The second-order valence-electron chi connectivity index (χ2n) is 3.85. The Labute approximate surface area is 113 Å². The number of nitro groups is 1. The van der Waals surface area contributed by atoms with Gasteiger partial charge in [-0.2, -0.15) is 0 Å². The molecule has 1 heterocycles. The third-order valence-electron chi connectivity index (χ3n) is 2.54. The summed E-state index contributed by atoms with van der Waals surface area (Å²) in [5.74, 6) is -0.625. The normalized spacial score (nSPS) is 10.4. The maximum absolute atomic E-state index is 13.0. The highest BCUT2D eigenvalue weighted by Crippen LogP contribution is 2.26. The summed E-state index contributed by atoms with van der Waals surface area (Å²) in [6.07, 6.45) is 2.70. The van der Waals surface area contributed by atoms with Crippen LogP contribution in [0.1, 0.15) is 16.8 Å². The third kappa shape index (κ3) is 3.25. The molecule has 0 fully saturated rings. The third-order valence-corrected chi connectivity index (χ3v) is 3.68. The van der Waals surface area contributed by atoms with E-state index >= 15 is 0 Å². The molecule has 1 aromatic heterocycles. The van der Waals surface area contributed by atoms with E-state index in [1.54, 1.807) is 17.5 Å². The molecule has 2 aromatic rings. The molecule has 2 rings (SSSR count). The lowest BCUT2D eigenvalue weighted by molar-refractivity contribution is -0.384. The number of hydrogen-bond acceptors (Lipinski definition) is 5. The highest BCUT2D eigenvalue weighted by molar-refractivity contribution is 7.11. The zero-order chi connectivity index (χ0) is 13.8. The van der Waals surface area contributed by atoms with Gasteiger partial charge in [-0.1, -0.05) is 6.92 Å². The monoisotopic (exact) mass is 281 g/mol. The molecule has 7 heteroatoms. The summed E-state index contributed by atoms with van der Waals surface area (Å²) < 4.78 is 13.0. The predicted molar refractivity (Wildman–Crippen MR) is 71.9 cm³/mol. The number of aromatic nitrogens is 1. The summed E-state index contributed by atoms with van der Waals surface area (Å²) in [4.78, 5) is 15.6. The fourth-order valence-corrected chi connectivity index (χ4v) is 2.37. The molecule has 19 heavy (non-hydrogen) atoms. The molecule has 0 unspecified atom stereocenters. The summed E-state index contributed by atoms with van der Waals surface area (Å²) in [5, 5.41) is 14.6. The first kappa shape index (κ1) is 13.4. The zero-order valence-corrected chi connectivity index (χ0v) is 11.0. The van der Waals surface area contributed by atoms with Crippen molar-refractivity contribution in [2.24, 2.45) is 0 Å². The summed E-state index contributed by atoms with van der Waals surface area (Å²) in [6.45, 7) is 2.42. The van der Waals surface area contributed by atoms with E-state index in [4.69, 9.17) is 0 Å². The number of anilines is 1. The van der Waals surface area contributed by atoms with Gasteiger partial charge in [-0.25, -0.2) is 9.37 Å². The standard InChI is InChI=1S/C12H12FN3O2S/c1-2-9-6-15-12(19-9)7-14-10-4-3-8(13)5-11(10)16(17)18/h3-6,14H,2,7H2,1H3. The number of nitro benzene ring substituents is 1. The van der Waals surface area contributed by atoms with Crippen molar-refractivity contribution in [1.29, 1.82) is 0 Å². The molecular weight excluding hydrogens is 269 g/mol. The molecular formula is C12H12FN3O2S. The molecule has 0 aliphatic carbocycles. The van der Waals surface area contributed by atoms with Crippen LogP contribution in [-0.4, -0.2) is 9.91 Å². The van der Waals surface area contributed by atoms with E-state index in [-0.39, 0.29) is 5.69 Å². The van der Waals surface area contributed by atoms with Crippen LogP contribution >= 0.6 is 11.3 Å². The van der Waals surface area contributed by atoms with Crippen molar-refractivity contribution in [3.63, 3.8) is 0 Å². The molecule has 0 saturated carbocycles. The molecule has 5 nitrogen and oxygen atoms in total. The predicted octanol–water partition coefficient (Wildman–Crippen LogP) is 3.36. The molecule has 100 valence electrons. The van der Waals surface area contributed by atoms with Gasteiger partial charge in [0.1, 0.15) is 16.5 Å². The van der Waals surface area contributed by atoms with Crippen molar-refractivity contribution in [2.45, 2.75) is 19.9 Å². The van der Waals surface area contributed by atoms with Crippen LogP contribution in [0.25, 0.3) is 0 Å². The fraction of sp³-hybridized carbons (Fsp3) is 0.250. The van der Waals surface area contributed by atoms with Gasteiger partial charge in [-0.15, -0.1) is 11.3 Å². The molecule has 0 radical (unpaired) electrons. The van der Waals surface area contributed by atoms with Crippen molar-refractivity contribution in [2.75, 3.05) is 5.32 Å². The molecule has 0 aliphatic rings. The molecule has 0 amide bonds. The van der Waals surface area contributed by atoms with Crippen molar-refractivity contribution < 1.29 is 9.31 Å². The number of nitrogens with zero attached hydrogens (tertiary/aromatic N) is 2. The van der Waals surface area contributed by atoms with Crippen LogP contribution in [-0.2, 0) is 13.0 Å². The van der Waals surface area contributed by atoms with E-state index in [1.165, 1.54) is 12.1 Å². The zero-order valence-electron chi connectivity index (χ0n) is 10.2. The Kier molecular flexibility index (Phi) is 4.06. The van der Waals surface area contributed by atoms with Gasteiger partial charge in [0.15, 0.2) is 0 Å². The van der Waals surface area contributed by atoms with Gasteiger partial charge in [0.2, 0.25) is 0 Å². The largest absolute Gasteiger partial charge is 0.373 e. The quantitative estimate of drug-likeness (QED) is 0.674. The van der Waals surface area contributed by atoms with Gasteiger partial charge in [0.25, 0.3) is 5.69 Å². The SMILES string of the molecule is CCc1cnc(CNc2ccc(F)cc2[N+](=O)[O-])s1. The van der Waals surface area contributed by atoms with Gasteiger partial charge < -0.3 is 5.32 Å². The first-order valence-electron chi connectivity index (χ1n) is 5.71. The molecule has 1 N–H and O–H groups in total. The highest BCUT2D eigenvalue weighted by Gasteiger charge is 2.14. The Hall–Kier alpha value is -2.02. The maximum Gasteiger partial charge on any atom is 0.295 e. The van der Waals surface area contributed by atoms with E-state index in [0.29, 0.717) is 12.2 Å². The molecule has 0 bridgehead atoms. The van der Waals surface area contributed by atoms with Crippen molar-refractivity contribution in [3.8, 4) is 0 Å². The Balaban J connectivity index is 2.12. The Morgan fingerprint density at radius 3 is 2.95 bits per heavy atom. The van der Waals surface area contributed by atoms with Crippen LogP contribution in [0.4, 0.5) is 15.8 Å².